The summed E-state index contributed by atoms with van der Waals surface area (Å²) in [5, 5.41) is 9.73. The van der Waals surface area contributed by atoms with Crippen LogP contribution in [0.25, 0.3) is 5.69 Å². The van der Waals surface area contributed by atoms with E-state index in [0.29, 0.717) is 32.7 Å². The van der Waals surface area contributed by atoms with E-state index < -0.39 is 24.5 Å². The van der Waals surface area contributed by atoms with E-state index in [1.165, 1.54) is 18.2 Å². The fourth-order valence-corrected chi connectivity index (χ4v) is 3.73. The van der Waals surface area contributed by atoms with Gasteiger partial charge in [0.05, 0.1) is 34.1 Å². The summed E-state index contributed by atoms with van der Waals surface area (Å²) in [7, 11) is 0. The highest BCUT2D eigenvalue weighted by molar-refractivity contribution is 6.35. The van der Waals surface area contributed by atoms with Crippen LogP contribution in [0, 0.1) is 13.8 Å². The van der Waals surface area contributed by atoms with Crippen LogP contribution in [0.5, 0.6) is 0 Å². The van der Waals surface area contributed by atoms with E-state index in [9.17, 15) is 22.8 Å². The minimum atomic E-state index is -4.55. The number of halogens is 5. The smallest absolute Gasteiger partial charge is 0.343 e. The molecule has 0 bridgehead atoms. The maximum atomic E-state index is 12.7. The number of carbonyl (C=O) groups excluding carboxylic acids is 2. The van der Waals surface area contributed by atoms with Crippen LogP contribution >= 0.6 is 23.2 Å². The summed E-state index contributed by atoms with van der Waals surface area (Å²) in [6.45, 7) is 2.06. The Hall–Kier alpha value is -3.04. The lowest BCUT2D eigenvalue weighted by molar-refractivity contribution is -0.123. The van der Waals surface area contributed by atoms with E-state index in [2.05, 4.69) is 10.4 Å². The van der Waals surface area contributed by atoms with Gasteiger partial charge in [-0.05, 0) is 44.2 Å². The van der Waals surface area contributed by atoms with Crippen molar-refractivity contribution in [2.45, 2.75) is 26.4 Å². The average molecular weight is 499 g/mol. The van der Waals surface area contributed by atoms with Gasteiger partial charge in [-0.3, -0.25) is 9.59 Å². The fourth-order valence-electron chi connectivity index (χ4n) is 3.24. The molecule has 0 saturated carbocycles. The van der Waals surface area contributed by atoms with Gasteiger partial charge >= 0.3 is 6.18 Å². The molecule has 3 rings (SSSR count). The number of rotatable bonds is 6. The van der Waals surface area contributed by atoms with Crippen LogP contribution in [-0.2, 0) is 11.2 Å². The summed E-state index contributed by atoms with van der Waals surface area (Å²) in [5.41, 5.74) is 2.56. The number of hydrogen-bond acceptors (Lipinski definition) is 3. The number of carbonyl (C=O) groups is 2. The van der Waals surface area contributed by atoms with Gasteiger partial charge in [0, 0.05) is 16.3 Å². The zero-order valence-corrected chi connectivity index (χ0v) is 19.1. The Morgan fingerprint density at radius 1 is 1.09 bits per heavy atom. The summed E-state index contributed by atoms with van der Waals surface area (Å²) in [6, 6.07) is 10.8. The quantitative estimate of drug-likeness (QED) is 0.486. The van der Waals surface area contributed by atoms with Gasteiger partial charge < -0.3 is 10.6 Å². The zero-order valence-electron chi connectivity index (χ0n) is 17.6. The molecule has 0 atom stereocenters. The molecular formula is C22H19Cl2F3N4O2. The second kappa shape index (κ2) is 9.84. The number of benzene rings is 2. The van der Waals surface area contributed by atoms with Crippen LogP contribution in [0.15, 0.2) is 42.5 Å². The predicted molar refractivity (Wildman–Crippen MR) is 120 cm³/mol. The van der Waals surface area contributed by atoms with Crippen LogP contribution < -0.4 is 10.6 Å². The van der Waals surface area contributed by atoms with Gasteiger partial charge in [0.25, 0.3) is 5.91 Å². The molecule has 0 fully saturated rings. The summed E-state index contributed by atoms with van der Waals surface area (Å²) in [5.74, 6) is -1.40. The predicted octanol–water partition coefficient (Wildman–Crippen LogP) is 5.27. The minimum Gasteiger partial charge on any atom is -0.343 e. The molecule has 0 spiro atoms. The Bertz CT molecular complexity index is 1210. The van der Waals surface area contributed by atoms with Gasteiger partial charge in [-0.2, -0.15) is 18.3 Å². The van der Waals surface area contributed by atoms with E-state index in [-0.39, 0.29) is 17.7 Å². The molecule has 0 unspecified atom stereocenters. The largest absolute Gasteiger partial charge is 0.405 e. The molecule has 3 aromatic rings. The molecule has 1 heterocycles. The maximum Gasteiger partial charge on any atom is 0.405 e. The molecule has 2 amide bonds. The van der Waals surface area contributed by atoms with Crippen molar-refractivity contribution in [2.24, 2.45) is 0 Å². The Morgan fingerprint density at radius 2 is 1.79 bits per heavy atom. The summed E-state index contributed by atoms with van der Waals surface area (Å²) in [6.07, 6.45) is -4.61. The Balaban J connectivity index is 1.79. The molecule has 0 saturated heterocycles. The lowest BCUT2D eigenvalue weighted by Gasteiger charge is -2.13. The number of nitrogens with one attached hydrogen (secondary N) is 2. The Morgan fingerprint density at radius 3 is 2.45 bits per heavy atom. The number of nitrogens with zero attached hydrogens (tertiary/aromatic N) is 2. The molecule has 6 nitrogen and oxygen atoms in total. The summed E-state index contributed by atoms with van der Waals surface area (Å²) in [4.78, 5) is 24.9. The van der Waals surface area contributed by atoms with Crippen molar-refractivity contribution in [1.82, 2.24) is 15.1 Å². The van der Waals surface area contributed by atoms with E-state index >= 15 is 0 Å². The first-order valence-corrected chi connectivity index (χ1v) is 10.5. The molecule has 0 aliphatic rings. The molecule has 1 aromatic heterocycles. The molecular weight excluding hydrogens is 480 g/mol. The molecule has 174 valence electrons. The first kappa shape index (κ1) is 24.6. The van der Waals surface area contributed by atoms with Crippen LogP contribution in [0.1, 0.15) is 27.3 Å². The van der Waals surface area contributed by atoms with E-state index in [1.54, 1.807) is 48.1 Å². The van der Waals surface area contributed by atoms with Gasteiger partial charge in [-0.1, -0.05) is 35.3 Å². The highest BCUT2D eigenvalue weighted by Gasteiger charge is 2.28. The van der Waals surface area contributed by atoms with Crippen LogP contribution in [-0.4, -0.2) is 34.3 Å². The fraction of sp³-hybridized carbons (Fsp3) is 0.227. The number of aryl methyl sites for hydroxylation is 1. The van der Waals surface area contributed by atoms with Crippen molar-refractivity contribution in [1.29, 1.82) is 0 Å². The third-order valence-corrected chi connectivity index (χ3v) is 5.35. The van der Waals surface area contributed by atoms with Crippen molar-refractivity contribution in [3.8, 4) is 5.69 Å². The van der Waals surface area contributed by atoms with E-state index in [0.717, 1.165) is 0 Å². The Labute approximate surface area is 197 Å². The van der Waals surface area contributed by atoms with Crippen LogP contribution in [0.2, 0.25) is 10.0 Å². The van der Waals surface area contributed by atoms with Crippen molar-refractivity contribution in [3.63, 3.8) is 0 Å². The topological polar surface area (TPSA) is 76.0 Å². The van der Waals surface area contributed by atoms with Crippen molar-refractivity contribution in [3.05, 3.63) is 75.0 Å². The number of aromatic nitrogens is 2. The highest BCUT2D eigenvalue weighted by Crippen LogP contribution is 2.27. The summed E-state index contributed by atoms with van der Waals surface area (Å²) >= 11 is 12.2. The van der Waals surface area contributed by atoms with E-state index in [1.807, 2.05) is 0 Å². The van der Waals surface area contributed by atoms with Gasteiger partial charge in [0.1, 0.15) is 6.54 Å². The number of para-hydroxylation sites is 1. The molecule has 11 heteroatoms. The molecule has 0 aliphatic carbocycles. The SMILES string of the molecule is Cc1nn(-c2ccc(Cl)cc2Cl)c(C)c1CC(=O)Nc1ccccc1C(=O)NCC(F)(F)F. The lowest BCUT2D eigenvalue weighted by atomic mass is 10.1. The monoisotopic (exact) mass is 498 g/mol. The van der Waals surface area contributed by atoms with Crippen molar-refractivity contribution < 1.29 is 22.8 Å². The third kappa shape index (κ3) is 6.06. The van der Waals surface area contributed by atoms with Crippen LogP contribution in [0.3, 0.4) is 0 Å². The lowest BCUT2D eigenvalue weighted by Crippen LogP contribution is -2.34. The standard InChI is InChI=1S/C22H19Cl2F3N4O2/c1-12-16(13(2)31(30-12)19-8-7-14(23)9-17(19)24)10-20(32)29-18-6-4-3-5-15(18)21(33)28-11-22(25,26)27/h3-9H,10-11H2,1-2H3,(H,28,33)(H,29,32). The third-order valence-electron chi connectivity index (χ3n) is 4.81. The molecule has 0 radical (unpaired) electrons. The number of anilines is 1. The van der Waals surface area contributed by atoms with Crippen molar-refractivity contribution >= 4 is 40.7 Å². The minimum absolute atomic E-state index is 0.0681. The molecule has 33 heavy (non-hydrogen) atoms. The van der Waals surface area contributed by atoms with Gasteiger partial charge in [0.2, 0.25) is 5.91 Å². The second-order valence-corrected chi connectivity index (χ2v) is 8.07. The normalized spacial score (nSPS) is 11.4. The Kier molecular flexibility index (Phi) is 7.34. The average Bonchev–Trinajstić information content (AvgIpc) is 3.00. The molecule has 2 aromatic carbocycles. The number of amides is 2. The summed E-state index contributed by atoms with van der Waals surface area (Å²) < 4.78 is 38.9. The van der Waals surface area contributed by atoms with Gasteiger partial charge in [-0.25, -0.2) is 4.68 Å². The molecule has 2 N–H and O–H groups in total. The van der Waals surface area contributed by atoms with Crippen LogP contribution in [0.4, 0.5) is 18.9 Å². The highest BCUT2D eigenvalue weighted by atomic mass is 35.5. The van der Waals surface area contributed by atoms with Crippen molar-refractivity contribution in [2.75, 3.05) is 11.9 Å². The number of alkyl halides is 3. The molecule has 0 aliphatic heterocycles. The van der Waals surface area contributed by atoms with Gasteiger partial charge in [-0.15, -0.1) is 0 Å². The maximum absolute atomic E-state index is 12.7. The first-order valence-electron chi connectivity index (χ1n) is 9.70. The zero-order chi connectivity index (χ0) is 24.3. The number of hydrogen-bond donors (Lipinski definition) is 2. The second-order valence-electron chi connectivity index (χ2n) is 7.23. The van der Waals surface area contributed by atoms with Gasteiger partial charge in [0.15, 0.2) is 0 Å². The first-order chi connectivity index (χ1) is 15.5. The van der Waals surface area contributed by atoms with E-state index in [4.69, 9.17) is 23.2 Å².